The number of carbonyl (C=O) groups excluding carboxylic acids is 1. The smallest absolute Gasteiger partial charge is 0.283 e. The van der Waals surface area contributed by atoms with Crippen LogP contribution in [0.4, 0.5) is 4.39 Å². The summed E-state index contributed by atoms with van der Waals surface area (Å²) in [4.78, 5) is 16.5. The molecule has 2 aliphatic rings. The Kier molecular flexibility index (Phi) is 5.26. The second-order valence-electron chi connectivity index (χ2n) is 6.32. The minimum atomic E-state index is -0.473. The monoisotopic (exact) mass is 408 g/mol. The third-order valence-corrected chi connectivity index (χ3v) is 5.37. The fraction of sp³-hybridized carbons (Fsp3) is 0.143. The van der Waals surface area contributed by atoms with E-state index in [0.717, 1.165) is 5.04 Å². The molecule has 0 fully saturated rings. The van der Waals surface area contributed by atoms with Crippen LogP contribution in [0.1, 0.15) is 24.5 Å². The summed E-state index contributed by atoms with van der Waals surface area (Å²) in [7, 11) is 0. The quantitative estimate of drug-likeness (QED) is 0.742. The molecule has 0 aliphatic carbocycles. The van der Waals surface area contributed by atoms with Crippen molar-refractivity contribution >= 4 is 39.8 Å². The van der Waals surface area contributed by atoms with Crippen molar-refractivity contribution in [3.05, 3.63) is 71.0 Å². The van der Waals surface area contributed by atoms with Gasteiger partial charge in [-0.2, -0.15) is 15.1 Å². The Morgan fingerprint density at radius 3 is 2.86 bits per heavy atom. The molecule has 6 nitrogen and oxygen atoms in total. The molecule has 0 bridgehead atoms. The number of ether oxygens (including phenoxy) is 1. The van der Waals surface area contributed by atoms with Crippen LogP contribution in [0.3, 0.4) is 0 Å². The molecule has 0 spiro atoms. The van der Waals surface area contributed by atoms with Crippen LogP contribution in [-0.2, 0) is 11.4 Å². The predicted molar refractivity (Wildman–Crippen MR) is 112 cm³/mol. The standard InChI is InChI=1S/C21H17FN4O2S/c1-2-18-25-26-19(23)16(20(27)24-21(26)29-18)11-13-6-5-8-15(10-13)28-12-14-7-3-4-9-17(14)22/h3-11,23H,2,12H2,1H3/b16-11-,23-19?. The van der Waals surface area contributed by atoms with Crippen molar-refractivity contribution < 1.29 is 13.9 Å². The van der Waals surface area contributed by atoms with Crippen LogP contribution in [0, 0.1) is 11.2 Å². The van der Waals surface area contributed by atoms with Gasteiger partial charge in [-0.1, -0.05) is 37.3 Å². The van der Waals surface area contributed by atoms with E-state index in [1.165, 1.54) is 22.8 Å². The number of hydrazone groups is 1. The van der Waals surface area contributed by atoms with Crippen molar-refractivity contribution in [3.63, 3.8) is 0 Å². The molecule has 146 valence electrons. The Balaban J connectivity index is 1.55. The highest BCUT2D eigenvalue weighted by Gasteiger charge is 2.35. The molecule has 2 heterocycles. The zero-order chi connectivity index (χ0) is 20.4. The first kappa shape index (κ1) is 19.1. The Morgan fingerprint density at radius 1 is 1.24 bits per heavy atom. The predicted octanol–water partition coefficient (Wildman–Crippen LogP) is 4.43. The lowest BCUT2D eigenvalue weighted by Crippen LogP contribution is -2.35. The Bertz CT molecular complexity index is 1090. The van der Waals surface area contributed by atoms with Gasteiger partial charge < -0.3 is 4.74 Å². The largest absolute Gasteiger partial charge is 0.489 e. The van der Waals surface area contributed by atoms with Crippen molar-refractivity contribution in [2.75, 3.05) is 0 Å². The highest BCUT2D eigenvalue weighted by molar-refractivity contribution is 8.26. The van der Waals surface area contributed by atoms with E-state index in [4.69, 9.17) is 10.1 Å². The summed E-state index contributed by atoms with van der Waals surface area (Å²) in [5.74, 6) is -0.270. The van der Waals surface area contributed by atoms with Gasteiger partial charge in [0.15, 0.2) is 5.84 Å². The maximum Gasteiger partial charge on any atom is 0.283 e. The second-order valence-corrected chi connectivity index (χ2v) is 7.36. The molecule has 0 radical (unpaired) electrons. The van der Waals surface area contributed by atoms with Gasteiger partial charge in [0.25, 0.3) is 5.91 Å². The number of carbonyl (C=O) groups is 1. The van der Waals surface area contributed by atoms with Gasteiger partial charge in [0, 0.05) is 5.56 Å². The van der Waals surface area contributed by atoms with Crippen LogP contribution in [0.25, 0.3) is 6.08 Å². The summed E-state index contributed by atoms with van der Waals surface area (Å²) in [5.41, 5.74) is 1.29. The van der Waals surface area contributed by atoms with E-state index in [0.29, 0.717) is 28.5 Å². The maximum atomic E-state index is 13.7. The summed E-state index contributed by atoms with van der Waals surface area (Å²) in [5, 5.41) is 15.3. The summed E-state index contributed by atoms with van der Waals surface area (Å²) >= 11 is 1.30. The average molecular weight is 408 g/mol. The molecule has 0 unspecified atom stereocenters. The number of halogens is 1. The third kappa shape index (κ3) is 3.97. The summed E-state index contributed by atoms with van der Waals surface area (Å²) < 4.78 is 19.4. The minimum Gasteiger partial charge on any atom is -0.489 e. The van der Waals surface area contributed by atoms with E-state index in [1.54, 1.807) is 48.5 Å². The lowest BCUT2D eigenvalue weighted by molar-refractivity contribution is -0.114. The number of benzene rings is 2. The SMILES string of the molecule is CCC1=NN2C(=N)/C(=C/c3cccc(OCc4ccccc4F)c3)C(=O)N=C2S1. The molecule has 1 N–H and O–H groups in total. The number of hydrogen-bond acceptors (Lipinski definition) is 5. The van der Waals surface area contributed by atoms with Crippen LogP contribution < -0.4 is 4.74 Å². The van der Waals surface area contributed by atoms with Gasteiger partial charge in [-0.05, 0) is 48.0 Å². The fourth-order valence-corrected chi connectivity index (χ4v) is 3.64. The van der Waals surface area contributed by atoms with Crippen LogP contribution in [0.2, 0.25) is 0 Å². The van der Waals surface area contributed by atoms with Crippen LogP contribution in [0.5, 0.6) is 5.75 Å². The molecule has 29 heavy (non-hydrogen) atoms. The lowest BCUT2D eigenvalue weighted by Gasteiger charge is -2.20. The normalized spacial score (nSPS) is 17.3. The summed E-state index contributed by atoms with van der Waals surface area (Å²) in [6, 6.07) is 13.5. The first-order valence-electron chi connectivity index (χ1n) is 9.00. The maximum absolute atomic E-state index is 13.7. The molecule has 8 heteroatoms. The van der Waals surface area contributed by atoms with E-state index in [2.05, 4.69) is 10.1 Å². The van der Waals surface area contributed by atoms with Crippen LogP contribution in [-0.4, -0.2) is 27.0 Å². The zero-order valence-corrected chi connectivity index (χ0v) is 16.4. The summed E-state index contributed by atoms with van der Waals surface area (Å²) in [6.07, 6.45) is 2.30. The van der Waals surface area contributed by atoms with Gasteiger partial charge >= 0.3 is 0 Å². The van der Waals surface area contributed by atoms with Crippen molar-refractivity contribution in [3.8, 4) is 5.75 Å². The topological polar surface area (TPSA) is 78.1 Å². The highest BCUT2D eigenvalue weighted by Crippen LogP contribution is 2.29. The summed E-state index contributed by atoms with van der Waals surface area (Å²) in [6.45, 7) is 2.05. The molecule has 2 aliphatic heterocycles. The minimum absolute atomic E-state index is 0.00590. The molecular weight excluding hydrogens is 391 g/mol. The van der Waals surface area contributed by atoms with Gasteiger partial charge in [0.1, 0.15) is 23.2 Å². The molecule has 4 rings (SSSR count). The zero-order valence-electron chi connectivity index (χ0n) is 15.6. The van der Waals surface area contributed by atoms with Crippen molar-refractivity contribution in [2.45, 2.75) is 20.0 Å². The van der Waals surface area contributed by atoms with E-state index in [1.807, 2.05) is 6.92 Å². The van der Waals surface area contributed by atoms with Gasteiger partial charge in [-0.15, -0.1) is 0 Å². The highest BCUT2D eigenvalue weighted by atomic mass is 32.2. The van der Waals surface area contributed by atoms with E-state index in [9.17, 15) is 9.18 Å². The fourth-order valence-electron chi connectivity index (χ4n) is 2.81. The second kappa shape index (κ2) is 8.00. The number of amidine groups is 2. The van der Waals surface area contributed by atoms with E-state index >= 15 is 0 Å². The van der Waals surface area contributed by atoms with Gasteiger partial charge in [-0.3, -0.25) is 10.2 Å². The van der Waals surface area contributed by atoms with Crippen molar-refractivity contribution in [1.29, 1.82) is 5.41 Å². The average Bonchev–Trinajstić information content (AvgIpc) is 3.14. The Hall–Kier alpha value is -3.26. The molecular formula is C21H17FN4O2S. The molecule has 1 amide bonds. The van der Waals surface area contributed by atoms with Gasteiger partial charge in [0.2, 0.25) is 5.17 Å². The molecule has 0 saturated carbocycles. The number of aliphatic imine (C=N–C) groups is 1. The molecule has 0 saturated heterocycles. The molecule has 2 aromatic carbocycles. The first-order chi connectivity index (χ1) is 14.0. The lowest BCUT2D eigenvalue weighted by atomic mass is 10.1. The number of nitrogens with one attached hydrogen (secondary N) is 1. The first-order valence-corrected chi connectivity index (χ1v) is 9.82. The van der Waals surface area contributed by atoms with Crippen molar-refractivity contribution in [1.82, 2.24) is 5.01 Å². The number of amides is 1. The number of fused-ring (bicyclic) bond motifs is 1. The van der Waals surface area contributed by atoms with Crippen LogP contribution >= 0.6 is 11.8 Å². The van der Waals surface area contributed by atoms with E-state index < -0.39 is 5.91 Å². The van der Waals surface area contributed by atoms with Gasteiger partial charge in [-0.25, -0.2) is 4.39 Å². The number of hydrogen-bond donors (Lipinski definition) is 1. The van der Waals surface area contributed by atoms with Crippen molar-refractivity contribution in [2.24, 2.45) is 10.1 Å². The molecule has 0 atom stereocenters. The number of nitrogens with zero attached hydrogens (tertiary/aromatic N) is 3. The Morgan fingerprint density at radius 2 is 2.07 bits per heavy atom. The number of thioether (sulfide) groups is 1. The number of rotatable bonds is 5. The van der Waals surface area contributed by atoms with Gasteiger partial charge in [0.05, 0.1) is 5.57 Å². The molecule has 2 aromatic rings. The molecule has 0 aromatic heterocycles. The Labute approximate surface area is 171 Å². The van der Waals surface area contributed by atoms with Crippen LogP contribution in [0.15, 0.2) is 64.2 Å². The third-order valence-electron chi connectivity index (χ3n) is 4.32. The van der Waals surface area contributed by atoms with E-state index in [-0.39, 0.29) is 23.8 Å².